The molecule has 0 rings (SSSR count). The van der Waals surface area contributed by atoms with Crippen LogP contribution in [0.5, 0.6) is 0 Å². The van der Waals surface area contributed by atoms with Gasteiger partial charge >= 0.3 is 0 Å². The predicted molar refractivity (Wildman–Crippen MR) is 46.4 cm³/mol. The molecule has 0 heterocycles. The van der Waals surface area contributed by atoms with Crippen LogP contribution in [0.2, 0.25) is 0 Å². The van der Waals surface area contributed by atoms with E-state index in [4.69, 9.17) is 10.8 Å². The summed E-state index contributed by atoms with van der Waals surface area (Å²) in [5.74, 6) is 0. The maximum Gasteiger partial charge on any atom is 0.130 e. The molecular formula is C3H8B3N4. The molecular weight excluding hydrogens is 124 g/mol. The van der Waals surface area contributed by atoms with E-state index in [-0.39, 0.29) is 7.43 Å². The molecule has 2 N–H and O–H groups in total. The highest BCUT2D eigenvalue weighted by molar-refractivity contribution is 7.17. The van der Waals surface area contributed by atoms with Gasteiger partial charge in [-0.1, -0.05) is 7.43 Å². The standard InChI is InChI=1S/C2H4N4.CH4.B3/c3-1-5-6-2-4;;1-3-2/h1-4H;1H4;. The minimum Gasteiger partial charge on any atom is -0.288 e. The Labute approximate surface area is 64.6 Å². The Morgan fingerprint density at radius 3 is 1.40 bits per heavy atom. The van der Waals surface area contributed by atoms with E-state index in [2.05, 4.69) is 25.7 Å². The van der Waals surface area contributed by atoms with Crippen LogP contribution in [0.4, 0.5) is 0 Å². The average Bonchev–Trinajstić information content (AvgIpc) is 1.86. The topological polar surface area (TPSA) is 72.4 Å². The lowest BCUT2D eigenvalue weighted by Gasteiger charge is -1.59. The third kappa shape index (κ3) is 58.9. The Kier molecular flexibility index (Phi) is 38.9. The van der Waals surface area contributed by atoms with Crippen molar-refractivity contribution in [3.63, 3.8) is 0 Å². The van der Waals surface area contributed by atoms with Crippen molar-refractivity contribution >= 4 is 35.2 Å². The highest BCUT2D eigenvalue weighted by Crippen LogP contribution is 1.56. The van der Waals surface area contributed by atoms with E-state index in [9.17, 15) is 0 Å². The molecule has 0 amide bonds. The Morgan fingerprint density at radius 2 is 1.30 bits per heavy atom. The number of azo groups is 1. The van der Waals surface area contributed by atoms with Crippen LogP contribution in [0, 0.1) is 10.8 Å². The molecule has 7 heteroatoms. The predicted octanol–water partition coefficient (Wildman–Crippen LogP) is 0.146. The van der Waals surface area contributed by atoms with Crippen LogP contribution < -0.4 is 0 Å². The molecule has 0 unspecified atom stereocenters. The Hall–Kier alpha value is -0.865. The third-order valence-corrected chi connectivity index (χ3v) is 0.182. The molecule has 0 aliphatic heterocycles. The van der Waals surface area contributed by atoms with E-state index < -0.39 is 0 Å². The van der Waals surface area contributed by atoms with Crippen LogP contribution in [0.25, 0.3) is 0 Å². The van der Waals surface area contributed by atoms with Crippen molar-refractivity contribution in [1.29, 1.82) is 10.8 Å². The second kappa shape index (κ2) is 24.2. The van der Waals surface area contributed by atoms with Gasteiger partial charge in [-0.3, -0.25) is 10.8 Å². The molecule has 0 atom stereocenters. The van der Waals surface area contributed by atoms with Crippen LogP contribution in [0.15, 0.2) is 10.2 Å². The van der Waals surface area contributed by atoms with Crippen molar-refractivity contribution in [1.82, 2.24) is 0 Å². The summed E-state index contributed by atoms with van der Waals surface area (Å²) in [6, 6.07) is 0. The van der Waals surface area contributed by atoms with Gasteiger partial charge in [-0.25, -0.2) is 0 Å². The summed E-state index contributed by atoms with van der Waals surface area (Å²) >= 11 is 0. The molecule has 0 aromatic heterocycles. The smallest absolute Gasteiger partial charge is 0.130 e. The summed E-state index contributed by atoms with van der Waals surface area (Å²) in [7, 11) is 10.0. The molecule has 5 radical (unpaired) electrons. The SMILES string of the molecule is C.N=CN=NC=N.[B][B][B]. The highest BCUT2D eigenvalue weighted by Gasteiger charge is 1.50. The van der Waals surface area contributed by atoms with Crippen LogP contribution in [-0.2, 0) is 0 Å². The van der Waals surface area contributed by atoms with Gasteiger partial charge in [0, 0.05) is 22.5 Å². The van der Waals surface area contributed by atoms with E-state index in [0.29, 0.717) is 0 Å². The molecule has 0 fully saturated rings. The maximum absolute atomic E-state index is 6.22. The molecule has 0 aromatic rings. The average molecular weight is 133 g/mol. The summed E-state index contributed by atoms with van der Waals surface area (Å²) in [4.78, 5) is 0. The number of nitrogens with zero attached hydrogens (tertiary/aromatic N) is 2. The van der Waals surface area contributed by atoms with Gasteiger partial charge < -0.3 is 0 Å². The van der Waals surface area contributed by atoms with Crippen molar-refractivity contribution < 1.29 is 0 Å². The third-order valence-electron chi connectivity index (χ3n) is 0.182. The molecule has 0 saturated carbocycles. The van der Waals surface area contributed by atoms with Crippen LogP contribution in [-0.4, -0.2) is 35.2 Å². The van der Waals surface area contributed by atoms with Gasteiger partial charge in [-0.2, -0.15) is 0 Å². The van der Waals surface area contributed by atoms with Gasteiger partial charge in [-0.05, 0) is 0 Å². The maximum atomic E-state index is 6.22. The summed E-state index contributed by atoms with van der Waals surface area (Å²) in [5, 5.41) is 18.5. The fourth-order valence-electron chi connectivity index (χ4n) is 0.0667. The normalized spacial score (nSPS) is 6.40. The minimum atomic E-state index is 0. The van der Waals surface area contributed by atoms with Crippen molar-refractivity contribution in [2.45, 2.75) is 7.43 Å². The minimum absolute atomic E-state index is 0. The number of rotatable bonds is 2. The van der Waals surface area contributed by atoms with Crippen molar-refractivity contribution in [3.05, 3.63) is 0 Å². The van der Waals surface area contributed by atoms with E-state index in [1.807, 2.05) is 0 Å². The van der Waals surface area contributed by atoms with Gasteiger partial charge in [0.1, 0.15) is 12.7 Å². The summed E-state index contributed by atoms with van der Waals surface area (Å²) in [5.41, 5.74) is 0. The zero-order chi connectivity index (χ0) is 7.54. The van der Waals surface area contributed by atoms with Crippen LogP contribution >= 0.6 is 0 Å². The molecule has 0 aromatic carbocycles. The second-order valence-corrected chi connectivity index (χ2v) is 0.682. The van der Waals surface area contributed by atoms with Crippen LogP contribution in [0.3, 0.4) is 0 Å². The zero-order valence-corrected chi connectivity index (χ0v) is 4.78. The first-order valence-corrected chi connectivity index (χ1v) is 1.96. The molecule has 0 spiro atoms. The number of nitrogens with one attached hydrogen (secondary N) is 2. The molecule has 0 aliphatic rings. The van der Waals surface area contributed by atoms with E-state index in [1.54, 1.807) is 0 Å². The highest BCUT2D eigenvalue weighted by atomic mass is 15.1. The Morgan fingerprint density at radius 1 is 1.10 bits per heavy atom. The van der Waals surface area contributed by atoms with Gasteiger partial charge in [-0.15, -0.1) is 10.2 Å². The first-order chi connectivity index (χ1) is 4.33. The lowest BCUT2D eigenvalue weighted by molar-refractivity contribution is 1.33. The molecule has 10 heavy (non-hydrogen) atoms. The van der Waals surface area contributed by atoms with Gasteiger partial charge in [0.25, 0.3) is 0 Å². The summed E-state index contributed by atoms with van der Waals surface area (Å²) in [6.45, 7) is 0. The number of hydrogen-bond donors (Lipinski definition) is 2. The molecule has 49 valence electrons. The quantitative estimate of drug-likeness (QED) is 0.232. The summed E-state index contributed by atoms with van der Waals surface area (Å²) in [6.07, 6.45) is 1.54. The first kappa shape index (κ1) is 16.1. The Balaban J connectivity index is -0.000000107. The van der Waals surface area contributed by atoms with E-state index in [0.717, 1.165) is 19.7 Å². The van der Waals surface area contributed by atoms with Crippen molar-refractivity contribution in [2.24, 2.45) is 10.2 Å². The van der Waals surface area contributed by atoms with E-state index >= 15 is 0 Å². The fourth-order valence-corrected chi connectivity index (χ4v) is 0.0667. The van der Waals surface area contributed by atoms with Crippen molar-refractivity contribution in [2.75, 3.05) is 0 Å². The lowest BCUT2D eigenvalue weighted by atomic mass is 9.40. The molecule has 4 nitrogen and oxygen atoms in total. The first-order valence-electron chi connectivity index (χ1n) is 1.96. The zero-order valence-electron chi connectivity index (χ0n) is 4.78. The van der Waals surface area contributed by atoms with Crippen molar-refractivity contribution in [3.8, 4) is 0 Å². The van der Waals surface area contributed by atoms with E-state index in [1.165, 1.54) is 0 Å². The fraction of sp³-hybridized carbons (Fsp3) is 0.333. The largest absolute Gasteiger partial charge is 0.288 e. The Bertz CT molecular complexity index is 83.7. The molecule has 0 bridgehead atoms. The molecule has 0 saturated heterocycles. The molecule has 0 aliphatic carbocycles. The lowest BCUT2D eigenvalue weighted by Crippen LogP contribution is -1.79. The van der Waals surface area contributed by atoms with Crippen LogP contribution in [0.1, 0.15) is 7.43 Å². The number of hydrogen-bond acceptors (Lipinski definition) is 2. The second-order valence-electron chi connectivity index (χ2n) is 0.682. The van der Waals surface area contributed by atoms with Gasteiger partial charge in [0.2, 0.25) is 0 Å². The van der Waals surface area contributed by atoms with Gasteiger partial charge in [0.15, 0.2) is 0 Å². The summed E-state index contributed by atoms with van der Waals surface area (Å²) < 4.78 is 0. The monoisotopic (exact) mass is 133 g/mol. The van der Waals surface area contributed by atoms with Gasteiger partial charge in [0.05, 0.1) is 0 Å².